The second kappa shape index (κ2) is 38.6. The molecule has 3 aliphatic rings. The average molecular weight is 1620 g/mol. The van der Waals surface area contributed by atoms with Gasteiger partial charge in [0, 0.05) is 65.5 Å². The van der Waals surface area contributed by atoms with Gasteiger partial charge in [-0.2, -0.15) is 0 Å². The van der Waals surface area contributed by atoms with Crippen LogP contribution in [0.4, 0.5) is 13.2 Å². The topological polar surface area (TPSA) is 249 Å². The zero-order valence-corrected chi connectivity index (χ0v) is 67.9. The summed E-state index contributed by atoms with van der Waals surface area (Å²) >= 11 is 17.8. The first kappa shape index (κ1) is 86.1. The molecule has 3 aromatic heterocycles. The van der Waals surface area contributed by atoms with Gasteiger partial charge in [0.05, 0.1) is 98.8 Å². The molecule has 0 radical (unpaired) electrons. The SMILES string of the molecule is COc1cc(C(=O)CCC(=O)c2cc(CO)cc(-c3ccc(F)c(Cl)c3)n2)ccc1OCC1CC1.COc1cc(C(=O)CCC(=O)c2cc(CO[Si](C)(C)C(C)(C)C)cc(-c3ccc(F)c(Cl)c3)n2)ccc1OCC1CC1.COc1cc(C(=O)CCC(C)(O)c2cc(CO)cc(-c3ccc(F)c(Cl)c3)n2)ccc1OCC1CC1. The molecule has 3 saturated carbocycles. The highest BCUT2D eigenvalue weighted by Gasteiger charge is 2.38. The van der Waals surface area contributed by atoms with Crippen molar-refractivity contribution in [1.82, 2.24) is 15.0 Å². The van der Waals surface area contributed by atoms with Crippen LogP contribution in [-0.4, -0.2) is 109 Å². The summed E-state index contributed by atoms with van der Waals surface area (Å²) in [4.78, 5) is 78.4. The third kappa shape index (κ3) is 24.1. The molecule has 3 fully saturated rings. The fourth-order valence-electron chi connectivity index (χ4n) is 11.5. The molecular formula is C88H93Cl3F3N3O15Si. The summed E-state index contributed by atoms with van der Waals surface area (Å²) in [5, 5.41) is 30.4. The number of benzene rings is 6. The molecule has 18 nitrogen and oxygen atoms in total. The van der Waals surface area contributed by atoms with Gasteiger partial charge in [-0.1, -0.05) is 55.6 Å². The lowest BCUT2D eigenvalue weighted by atomic mass is 9.91. The number of Topliss-reactive ketones (excluding diaryl/α,β-unsaturated/α-hetero) is 5. The predicted octanol–water partition coefficient (Wildman–Crippen LogP) is 20.1. The first-order valence-electron chi connectivity index (χ1n) is 37.4. The zero-order chi connectivity index (χ0) is 81.5. The third-order valence-corrected chi connectivity index (χ3v) is 25.5. The summed E-state index contributed by atoms with van der Waals surface area (Å²) in [7, 11) is 2.51. The Hall–Kier alpha value is -9.36. The minimum absolute atomic E-state index is 0.00829. The van der Waals surface area contributed by atoms with Crippen molar-refractivity contribution in [2.75, 3.05) is 41.2 Å². The number of hydrogen-bond donors (Lipinski definition) is 3. The van der Waals surface area contributed by atoms with E-state index in [9.17, 15) is 52.5 Å². The first-order chi connectivity index (χ1) is 53.8. The maximum absolute atomic E-state index is 13.9. The normalized spacial score (nSPS) is 13.8. The van der Waals surface area contributed by atoms with Crippen molar-refractivity contribution < 1.29 is 85.3 Å². The predicted molar refractivity (Wildman–Crippen MR) is 430 cm³/mol. The van der Waals surface area contributed by atoms with Crippen molar-refractivity contribution in [3.05, 3.63) is 229 Å². The van der Waals surface area contributed by atoms with E-state index in [2.05, 4.69) is 48.8 Å². The van der Waals surface area contributed by atoms with Crippen molar-refractivity contribution in [3.8, 4) is 68.3 Å². The van der Waals surface area contributed by atoms with Gasteiger partial charge in [-0.25, -0.2) is 28.1 Å². The molecule has 596 valence electrons. The molecule has 1 atom stereocenters. The zero-order valence-electron chi connectivity index (χ0n) is 64.7. The molecule has 9 aromatic rings. The lowest BCUT2D eigenvalue weighted by molar-refractivity contribution is 0.0396. The molecule has 3 N–H and O–H groups in total. The second-order valence-corrected chi connectivity index (χ2v) is 36.3. The van der Waals surface area contributed by atoms with Crippen LogP contribution in [0.15, 0.2) is 146 Å². The molecular weight excluding hydrogens is 1530 g/mol. The van der Waals surface area contributed by atoms with Crippen LogP contribution >= 0.6 is 34.8 Å². The number of nitrogens with zero attached hydrogens (tertiary/aromatic N) is 3. The Bertz CT molecular complexity index is 4950. The van der Waals surface area contributed by atoms with E-state index in [4.69, 9.17) is 67.7 Å². The number of ether oxygens (including phenoxy) is 6. The highest BCUT2D eigenvalue weighted by molar-refractivity contribution is 6.74. The number of aromatic nitrogens is 3. The Balaban J connectivity index is 0.000000181. The van der Waals surface area contributed by atoms with Crippen molar-refractivity contribution in [1.29, 1.82) is 0 Å². The summed E-state index contributed by atoms with van der Waals surface area (Å²) < 4.78 is 81.0. The van der Waals surface area contributed by atoms with Crippen LogP contribution in [0.1, 0.15) is 179 Å². The molecule has 25 heteroatoms. The van der Waals surface area contributed by atoms with E-state index in [0.29, 0.717) is 146 Å². The monoisotopic (exact) mass is 1620 g/mol. The van der Waals surface area contributed by atoms with Crippen LogP contribution in [0.5, 0.6) is 34.5 Å². The Morgan fingerprint density at radius 3 is 1.12 bits per heavy atom. The average Bonchev–Trinajstić information content (AvgIpc) is 0.967. The van der Waals surface area contributed by atoms with E-state index in [1.165, 1.54) is 114 Å². The van der Waals surface area contributed by atoms with Crippen molar-refractivity contribution >= 4 is 72.0 Å². The molecule has 0 spiro atoms. The summed E-state index contributed by atoms with van der Waals surface area (Å²) in [5.41, 5.74) is 5.16. The van der Waals surface area contributed by atoms with Crippen LogP contribution in [0.2, 0.25) is 33.2 Å². The Labute approximate surface area is 672 Å². The first-order valence-corrected chi connectivity index (χ1v) is 41.5. The number of aliphatic hydroxyl groups is 3. The maximum Gasteiger partial charge on any atom is 0.192 e. The van der Waals surface area contributed by atoms with Crippen LogP contribution < -0.4 is 28.4 Å². The van der Waals surface area contributed by atoms with Gasteiger partial charge in [-0.15, -0.1) is 0 Å². The summed E-state index contributed by atoms with van der Waals surface area (Å²) in [6, 6.07) is 37.7. The van der Waals surface area contributed by atoms with Crippen LogP contribution in [0, 0.1) is 35.2 Å². The number of carbonyl (C=O) groups is 5. The Morgan fingerprint density at radius 2 is 0.770 bits per heavy atom. The van der Waals surface area contributed by atoms with Crippen molar-refractivity contribution in [3.63, 3.8) is 0 Å². The molecule has 0 aliphatic heterocycles. The fraction of sp³-hybridized carbons (Fsp3) is 0.364. The van der Waals surface area contributed by atoms with E-state index in [1.54, 1.807) is 91.9 Å². The number of pyridine rings is 3. The van der Waals surface area contributed by atoms with E-state index in [1.807, 2.05) is 6.07 Å². The third-order valence-electron chi connectivity index (χ3n) is 20.2. The van der Waals surface area contributed by atoms with E-state index in [0.717, 1.165) is 5.56 Å². The number of aliphatic hydroxyl groups excluding tert-OH is 2. The van der Waals surface area contributed by atoms with E-state index < -0.39 is 31.4 Å². The van der Waals surface area contributed by atoms with Crippen LogP contribution in [0.25, 0.3) is 33.8 Å². The quantitative estimate of drug-likeness (QED) is 0.0247. The number of halogens is 6. The second-order valence-electron chi connectivity index (χ2n) is 30.2. The van der Waals surface area contributed by atoms with E-state index in [-0.39, 0.29) is 112 Å². The molecule has 1 unspecified atom stereocenters. The largest absolute Gasteiger partial charge is 0.493 e. The van der Waals surface area contributed by atoms with Gasteiger partial charge in [0.2, 0.25) is 0 Å². The molecule has 3 aliphatic carbocycles. The summed E-state index contributed by atoms with van der Waals surface area (Å²) in [6.45, 7) is 14.0. The number of methoxy groups -OCH3 is 3. The van der Waals surface area contributed by atoms with Gasteiger partial charge in [0.15, 0.2) is 71.7 Å². The Morgan fingerprint density at radius 1 is 0.434 bits per heavy atom. The summed E-state index contributed by atoms with van der Waals surface area (Å²) in [5.74, 6) is 2.20. The number of hydrogen-bond acceptors (Lipinski definition) is 18. The van der Waals surface area contributed by atoms with Crippen LogP contribution in [-0.2, 0) is 29.8 Å². The molecule has 0 bridgehead atoms. The van der Waals surface area contributed by atoms with Gasteiger partial charge in [-0.3, -0.25) is 24.0 Å². The number of rotatable bonds is 35. The minimum atomic E-state index is -2.07. The maximum atomic E-state index is 13.9. The van der Waals surface area contributed by atoms with Gasteiger partial charge in [-0.05, 0) is 250 Å². The van der Waals surface area contributed by atoms with Gasteiger partial charge in [0.1, 0.15) is 34.4 Å². The fourth-order valence-corrected chi connectivity index (χ4v) is 13.0. The van der Waals surface area contributed by atoms with E-state index >= 15 is 0 Å². The molecule has 3 heterocycles. The van der Waals surface area contributed by atoms with Crippen molar-refractivity contribution in [2.24, 2.45) is 17.8 Å². The molecule has 12 rings (SSSR count). The molecule has 6 aromatic carbocycles. The summed E-state index contributed by atoms with van der Waals surface area (Å²) in [6.07, 6.45) is 7.09. The minimum Gasteiger partial charge on any atom is -0.493 e. The standard InChI is InChI=1S/C33H39ClFNO5Si.C28H29ClFNO5.C27H25ClFNO5/c1-33(2,3)42(5,6)41-20-22-15-27(23-9-11-26(35)25(34)17-23)36-28(16-22)30(38)13-12-29(37)24-10-14-31(32(18-24)39-4)40-19-21-7-8-21;1-28(34,27-12-18(15-32)11-23(31-27)19-5-7-22(30)21(29)13-19)10-9-24(33)20-6-8-25(26(14-20)35-2)36-16-17-3-4-17;1-34-27-13-19(5-9-26(27)35-15-16-2-3-16)24(32)7-8-25(33)23-11-17(14-31)10-22(30-23)18-4-6-21(29)20(28)12-18/h9-11,14-18,21H,7-8,12-13,19-20H2,1-6H3;5-8,11-14,17,32,34H,3-4,9-10,15-16H2,1-2H3;4-6,9-13,16,31H,2-3,7-8,14-15H2,1H3. The van der Waals surface area contributed by atoms with Gasteiger partial charge in [0.25, 0.3) is 0 Å². The highest BCUT2D eigenvalue weighted by atomic mass is 35.5. The van der Waals surface area contributed by atoms with Gasteiger partial charge >= 0.3 is 0 Å². The molecule has 113 heavy (non-hydrogen) atoms. The smallest absolute Gasteiger partial charge is 0.192 e. The van der Waals surface area contributed by atoms with Crippen molar-refractivity contribution in [2.45, 2.75) is 148 Å². The van der Waals surface area contributed by atoms with Gasteiger partial charge < -0.3 is 48.2 Å². The number of ketones is 5. The lowest BCUT2D eigenvalue weighted by Gasteiger charge is -2.36. The van der Waals surface area contributed by atoms with Crippen LogP contribution in [0.3, 0.4) is 0 Å². The highest BCUT2D eigenvalue weighted by Crippen LogP contribution is 2.41. The molecule has 0 amide bonds. The number of carbonyl (C=O) groups excluding carboxylic acids is 5. The Kier molecular flexibility index (Phi) is 29.4. The molecule has 0 saturated heterocycles. The lowest BCUT2D eigenvalue weighted by Crippen LogP contribution is -2.40.